The molecule has 0 aliphatic carbocycles. The Hall–Kier alpha value is -3.25. The zero-order chi connectivity index (χ0) is 18.1. The van der Waals surface area contributed by atoms with E-state index in [9.17, 15) is 0 Å². The first kappa shape index (κ1) is 16.0. The van der Waals surface area contributed by atoms with Crippen molar-refractivity contribution < 1.29 is 0 Å². The summed E-state index contributed by atoms with van der Waals surface area (Å²) in [6.45, 7) is 1.77. The highest BCUT2D eigenvalue weighted by molar-refractivity contribution is 5.62. The number of rotatable bonds is 4. The molecule has 134 valence electrons. The number of H-pyrrole nitrogens is 2. The third-order valence-corrected chi connectivity index (χ3v) is 5.20. The van der Waals surface area contributed by atoms with Gasteiger partial charge in [0, 0.05) is 43.2 Å². The van der Waals surface area contributed by atoms with Gasteiger partial charge in [0.1, 0.15) is 0 Å². The molecule has 6 heteroatoms. The fourth-order valence-corrected chi connectivity index (χ4v) is 3.91. The van der Waals surface area contributed by atoms with Crippen LogP contribution in [0.2, 0.25) is 0 Å². The largest absolute Gasteiger partial charge is 0.348 e. The van der Waals surface area contributed by atoms with Crippen LogP contribution in [0.5, 0.6) is 0 Å². The van der Waals surface area contributed by atoms with Gasteiger partial charge in [-0.15, -0.1) is 0 Å². The van der Waals surface area contributed by atoms with Crippen LogP contribution in [0, 0.1) is 0 Å². The summed E-state index contributed by atoms with van der Waals surface area (Å²) in [5.41, 5.74) is 6.97. The third kappa shape index (κ3) is 2.94. The maximum atomic E-state index is 4.63. The van der Waals surface area contributed by atoms with E-state index in [1.165, 1.54) is 16.8 Å². The predicted octanol–water partition coefficient (Wildman–Crippen LogP) is 3.34. The number of benzene rings is 1. The van der Waals surface area contributed by atoms with Gasteiger partial charge in [0.2, 0.25) is 0 Å². The lowest BCUT2D eigenvalue weighted by Crippen LogP contribution is -2.35. The highest BCUT2D eigenvalue weighted by atomic mass is 15.2. The average Bonchev–Trinajstić information content (AvgIpc) is 3.38. The van der Waals surface area contributed by atoms with Gasteiger partial charge in [0.25, 0.3) is 0 Å². The van der Waals surface area contributed by atoms with Crippen LogP contribution in [-0.4, -0.2) is 36.6 Å². The van der Waals surface area contributed by atoms with E-state index < -0.39 is 0 Å². The summed E-state index contributed by atoms with van der Waals surface area (Å²) in [6, 6.07) is 14.6. The average molecular weight is 356 g/mol. The molecule has 0 fully saturated rings. The van der Waals surface area contributed by atoms with Crippen molar-refractivity contribution in [2.75, 3.05) is 6.54 Å². The number of imidazole rings is 1. The molecule has 5 rings (SSSR count). The molecule has 0 saturated carbocycles. The maximum absolute atomic E-state index is 4.63. The molecule has 1 aliphatic rings. The van der Waals surface area contributed by atoms with E-state index in [-0.39, 0.29) is 6.04 Å². The summed E-state index contributed by atoms with van der Waals surface area (Å²) in [7, 11) is 0. The Morgan fingerprint density at radius 2 is 1.93 bits per heavy atom. The molecule has 4 heterocycles. The van der Waals surface area contributed by atoms with Gasteiger partial charge in [-0.2, -0.15) is 5.10 Å². The smallest absolute Gasteiger partial charge is 0.0926 e. The maximum Gasteiger partial charge on any atom is 0.0926 e. The third-order valence-electron chi connectivity index (χ3n) is 5.20. The monoisotopic (exact) mass is 356 g/mol. The van der Waals surface area contributed by atoms with Crippen molar-refractivity contribution in [2.45, 2.75) is 19.0 Å². The van der Waals surface area contributed by atoms with Gasteiger partial charge in [-0.1, -0.05) is 30.3 Å². The Kier molecular flexibility index (Phi) is 4.03. The number of aromatic amines is 2. The molecule has 0 spiro atoms. The van der Waals surface area contributed by atoms with Gasteiger partial charge in [-0.05, 0) is 23.3 Å². The first-order valence-corrected chi connectivity index (χ1v) is 9.14. The zero-order valence-corrected chi connectivity index (χ0v) is 14.8. The molecule has 1 atom stereocenters. The quantitative estimate of drug-likeness (QED) is 0.588. The molecule has 1 aromatic carbocycles. The van der Waals surface area contributed by atoms with Crippen LogP contribution in [0.1, 0.15) is 28.6 Å². The van der Waals surface area contributed by atoms with Crippen LogP contribution < -0.4 is 0 Å². The molecular formula is C21H20N6. The first-order chi connectivity index (χ1) is 13.4. The van der Waals surface area contributed by atoms with E-state index in [1.807, 2.05) is 24.7 Å². The van der Waals surface area contributed by atoms with E-state index in [4.69, 9.17) is 0 Å². The second-order valence-corrected chi connectivity index (χ2v) is 6.81. The Bertz CT molecular complexity index is 1020. The molecular weight excluding hydrogens is 336 g/mol. The van der Waals surface area contributed by atoms with Crippen LogP contribution in [0.25, 0.3) is 11.3 Å². The second-order valence-electron chi connectivity index (χ2n) is 6.81. The van der Waals surface area contributed by atoms with Crippen molar-refractivity contribution in [2.24, 2.45) is 0 Å². The first-order valence-electron chi connectivity index (χ1n) is 9.14. The standard InChI is InChI=1S/C21H20N6/c1-2-4-15(5-3-1)19-17(12-25-26-19)13-27-11-8-18-20(24-14-23-18)21(27)16-6-9-22-10-7-16/h1-7,9-10,12,14,21H,8,11,13H2,(H,23,24)(H,25,26)/t21-/m0/s1. The molecule has 27 heavy (non-hydrogen) atoms. The highest BCUT2D eigenvalue weighted by Crippen LogP contribution is 2.35. The molecule has 3 aromatic heterocycles. The number of hydrogen-bond acceptors (Lipinski definition) is 4. The van der Waals surface area contributed by atoms with Crippen LogP contribution in [-0.2, 0) is 13.0 Å². The molecule has 6 nitrogen and oxygen atoms in total. The molecule has 4 aromatic rings. The summed E-state index contributed by atoms with van der Waals surface area (Å²) < 4.78 is 0. The van der Waals surface area contributed by atoms with Crippen molar-refractivity contribution in [3.05, 3.63) is 89.9 Å². The Balaban J connectivity index is 1.51. The minimum Gasteiger partial charge on any atom is -0.348 e. The van der Waals surface area contributed by atoms with Crippen molar-refractivity contribution in [3.8, 4) is 11.3 Å². The fourth-order valence-electron chi connectivity index (χ4n) is 3.91. The molecule has 0 unspecified atom stereocenters. The number of nitrogens with zero attached hydrogens (tertiary/aromatic N) is 4. The lowest BCUT2D eigenvalue weighted by Gasteiger charge is -2.35. The fraction of sp³-hybridized carbons (Fsp3) is 0.190. The topological polar surface area (TPSA) is 73.5 Å². The SMILES string of the molecule is c1ccc(-c2[nH]ncc2CN2CCc3[nH]cnc3[C@@H]2c2ccncc2)cc1. The molecule has 0 saturated heterocycles. The molecule has 0 radical (unpaired) electrons. The van der Waals surface area contributed by atoms with Crippen LogP contribution in [0.4, 0.5) is 0 Å². The predicted molar refractivity (Wildman–Crippen MR) is 103 cm³/mol. The second kappa shape index (κ2) is 6.81. The lowest BCUT2D eigenvalue weighted by molar-refractivity contribution is 0.200. The normalized spacial score (nSPS) is 17.0. The Labute approximate surface area is 157 Å². The molecule has 2 N–H and O–H groups in total. The summed E-state index contributed by atoms with van der Waals surface area (Å²) in [5, 5.41) is 7.48. The van der Waals surface area contributed by atoms with Crippen LogP contribution in [0.3, 0.4) is 0 Å². The van der Waals surface area contributed by atoms with E-state index >= 15 is 0 Å². The van der Waals surface area contributed by atoms with Gasteiger partial charge < -0.3 is 4.98 Å². The number of fused-ring (bicyclic) bond motifs is 1. The van der Waals surface area contributed by atoms with Crippen LogP contribution >= 0.6 is 0 Å². The molecule has 0 amide bonds. The van der Waals surface area contributed by atoms with E-state index in [0.29, 0.717) is 0 Å². The van der Waals surface area contributed by atoms with Crippen LogP contribution in [0.15, 0.2) is 67.4 Å². The summed E-state index contributed by atoms with van der Waals surface area (Å²) >= 11 is 0. The van der Waals surface area contributed by atoms with Crippen molar-refractivity contribution in [1.82, 2.24) is 30.0 Å². The molecule has 1 aliphatic heterocycles. The van der Waals surface area contributed by atoms with Gasteiger partial charge in [0.05, 0.1) is 30.0 Å². The lowest BCUT2D eigenvalue weighted by atomic mass is 9.95. The van der Waals surface area contributed by atoms with E-state index in [1.54, 1.807) is 6.33 Å². The van der Waals surface area contributed by atoms with E-state index in [0.717, 1.165) is 36.5 Å². The summed E-state index contributed by atoms with van der Waals surface area (Å²) in [5.74, 6) is 0. The number of pyridine rings is 1. The summed E-state index contributed by atoms with van der Waals surface area (Å²) in [6.07, 6.45) is 8.40. The van der Waals surface area contributed by atoms with Crippen molar-refractivity contribution in [3.63, 3.8) is 0 Å². The Morgan fingerprint density at radius 3 is 2.78 bits per heavy atom. The highest BCUT2D eigenvalue weighted by Gasteiger charge is 2.31. The van der Waals surface area contributed by atoms with Gasteiger partial charge in [0.15, 0.2) is 0 Å². The zero-order valence-electron chi connectivity index (χ0n) is 14.8. The Morgan fingerprint density at radius 1 is 1.07 bits per heavy atom. The van der Waals surface area contributed by atoms with E-state index in [2.05, 4.69) is 66.4 Å². The molecule has 0 bridgehead atoms. The van der Waals surface area contributed by atoms with Gasteiger partial charge in [-0.3, -0.25) is 15.0 Å². The minimum absolute atomic E-state index is 0.113. The number of aromatic nitrogens is 5. The number of hydrogen-bond donors (Lipinski definition) is 2. The van der Waals surface area contributed by atoms with Crippen molar-refractivity contribution >= 4 is 0 Å². The summed E-state index contributed by atoms with van der Waals surface area (Å²) in [4.78, 5) is 14.6. The minimum atomic E-state index is 0.113. The van der Waals surface area contributed by atoms with Crippen molar-refractivity contribution in [1.29, 1.82) is 0 Å². The number of nitrogens with one attached hydrogen (secondary N) is 2. The van der Waals surface area contributed by atoms with Gasteiger partial charge in [-0.25, -0.2) is 4.98 Å². The van der Waals surface area contributed by atoms with Gasteiger partial charge >= 0.3 is 0 Å².